The van der Waals surface area contributed by atoms with Crippen LogP contribution in [-0.4, -0.2) is 34.6 Å². The number of anilines is 1. The molecule has 3 N–H and O–H groups in total. The van der Waals surface area contributed by atoms with Crippen LogP contribution in [0.25, 0.3) is 11.3 Å². The lowest BCUT2D eigenvalue weighted by molar-refractivity contribution is 0.118. The van der Waals surface area contributed by atoms with Crippen LogP contribution in [0.15, 0.2) is 28.9 Å². The van der Waals surface area contributed by atoms with Gasteiger partial charge in [0.05, 0.1) is 16.4 Å². The number of alkyl carbamates (subject to hydrolysis) is 1. The Hall–Kier alpha value is -2.22. The number of nitrogen functional groups attached to an aromatic ring is 1. The van der Waals surface area contributed by atoms with Crippen molar-refractivity contribution in [3.05, 3.63) is 28.9 Å². The molecule has 1 aromatic carbocycles. The lowest BCUT2D eigenvalue weighted by atomic mass is 10.1. The van der Waals surface area contributed by atoms with Crippen LogP contribution in [0.2, 0.25) is 0 Å². The van der Waals surface area contributed by atoms with Crippen molar-refractivity contribution in [2.24, 2.45) is 7.05 Å². The monoisotopic (exact) mass is 410 g/mol. The first-order valence-electron chi connectivity index (χ1n) is 7.82. The van der Waals surface area contributed by atoms with Gasteiger partial charge in [-0.15, -0.1) is 0 Å². The summed E-state index contributed by atoms with van der Waals surface area (Å²) in [5.41, 5.74) is 7.86. The van der Waals surface area contributed by atoms with Gasteiger partial charge in [0.1, 0.15) is 19.0 Å². The fourth-order valence-corrected chi connectivity index (χ4v) is 2.76. The molecule has 0 atom stereocenters. The maximum Gasteiger partial charge on any atom is 0.407 e. The third kappa shape index (κ3) is 5.38. The molecule has 25 heavy (non-hydrogen) atoms. The van der Waals surface area contributed by atoms with Gasteiger partial charge in [-0.25, -0.2) is 4.79 Å². The van der Waals surface area contributed by atoms with Gasteiger partial charge in [0.15, 0.2) is 0 Å². The number of benzene rings is 1. The summed E-state index contributed by atoms with van der Waals surface area (Å²) in [6.07, 6.45) is 1.24. The summed E-state index contributed by atoms with van der Waals surface area (Å²) in [6, 6.07) is 5.37. The molecule has 2 rings (SSSR count). The van der Waals surface area contributed by atoms with Crippen molar-refractivity contribution >= 4 is 27.7 Å². The molecule has 7 nitrogen and oxygen atoms in total. The molecule has 1 aromatic heterocycles. The van der Waals surface area contributed by atoms with Gasteiger partial charge in [-0.3, -0.25) is 4.68 Å². The first-order chi connectivity index (χ1) is 11.7. The standard InChI is InChI=1S/C17H23BrN4O3/c1-17(2,3)21-16(23)25-8-7-24-14-6-5-11(19)9-12(14)15-13(18)10-20-22(15)4/h5-6,9-10H,7-8,19H2,1-4H3,(H,21,23). The Morgan fingerprint density at radius 1 is 1.36 bits per heavy atom. The number of nitrogens with two attached hydrogens (primary N) is 1. The molecule has 0 aliphatic rings. The highest BCUT2D eigenvalue weighted by atomic mass is 79.9. The zero-order valence-electron chi connectivity index (χ0n) is 14.8. The van der Waals surface area contributed by atoms with Crippen LogP contribution >= 0.6 is 15.9 Å². The van der Waals surface area contributed by atoms with E-state index >= 15 is 0 Å². The third-order valence-electron chi connectivity index (χ3n) is 3.20. The molecule has 8 heteroatoms. The van der Waals surface area contributed by atoms with E-state index in [1.165, 1.54) is 0 Å². The molecule has 0 saturated carbocycles. The van der Waals surface area contributed by atoms with Crippen molar-refractivity contribution in [1.82, 2.24) is 15.1 Å². The van der Waals surface area contributed by atoms with Crippen LogP contribution in [-0.2, 0) is 11.8 Å². The maximum absolute atomic E-state index is 11.6. The Labute approximate surface area is 155 Å². The van der Waals surface area contributed by atoms with Gasteiger partial charge in [-0.05, 0) is 54.9 Å². The summed E-state index contributed by atoms with van der Waals surface area (Å²) in [4.78, 5) is 11.6. The Balaban J connectivity index is 2.03. The van der Waals surface area contributed by atoms with Crippen LogP contribution in [0, 0.1) is 0 Å². The van der Waals surface area contributed by atoms with Gasteiger partial charge in [0.2, 0.25) is 0 Å². The highest BCUT2D eigenvalue weighted by Crippen LogP contribution is 2.36. The van der Waals surface area contributed by atoms with Gasteiger partial charge in [-0.1, -0.05) is 0 Å². The minimum Gasteiger partial charge on any atom is -0.489 e. The first-order valence-corrected chi connectivity index (χ1v) is 8.62. The van der Waals surface area contributed by atoms with Gasteiger partial charge in [0, 0.05) is 23.8 Å². The molecule has 136 valence electrons. The SMILES string of the molecule is Cn1ncc(Br)c1-c1cc(N)ccc1OCCOC(=O)NC(C)(C)C. The van der Waals surface area contributed by atoms with Crippen molar-refractivity contribution in [2.45, 2.75) is 26.3 Å². The average molecular weight is 411 g/mol. The van der Waals surface area contributed by atoms with Crippen molar-refractivity contribution in [3.8, 4) is 17.0 Å². The van der Waals surface area contributed by atoms with Crippen molar-refractivity contribution in [2.75, 3.05) is 18.9 Å². The van der Waals surface area contributed by atoms with E-state index in [1.807, 2.05) is 33.9 Å². The molecule has 0 spiro atoms. The predicted octanol–water partition coefficient (Wildman–Crippen LogP) is 3.34. The summed E-state index contributed by atoms with van der Waals surface area (Å²) in [5, 5.41) is 6.94. The summed E-state index contributed by atoms with van der Waals surface area (Å²) < 4.78 is 13.5. The second-order valence-corrected chi connectivity index (χ2v) is 7.43. The second-order valence-electron chi connectivity index (χ2n) is 6.58. The Morgan fingerprint density at radius 2 is 2.08 bits per heavy atom. The Kier molecular flexibility index (Phi) is 5.94. The molecule has 0 unspecified atom stereocenters. The minimum atomic E-state index is -0.469. The number of halogens is 1. The fraction of sp³-hybridized carbons (Fsp3) is 0.412. The quantitative estimate of drug-likeness (QED) is 0.582. The van der Waals surface area contributed by atoms with E-state index in [4.69, 9.17) is 15.2 Å². The Bertz CT molecular complexity index is 733. The van der Waals surface area contributed by atoms with Gasteiger partial charge < -0.3 is 20.5 Å². The number of ether oxygens (including phenoxy) is 2. The highest BCUT2D eigenvalue weighted by Gasteiger charge is 2.16. The lowest BCUT2D eigenvalue weighted by Crippen LogP contribution is -2.41. The van der Waals surface area contributed by atoms with E-state index in [-0.39, 0.29) is 18.8 Å². The number of nitrogens with zero attached hydrogens (tertiary/aromatic N) is 2. The zero-order valence-corrected chi connectivity index (χ0v) is 16.4. The summed E-state index contributed by atoms with van der Waals surface area (Å²) in [5.74, 6) is 0.637. The van der Waals surface area contributed by atoms with E-state index in [9.17, 15) is 4.79 Å². The number of carbonyl (C=O) groups is 1. The highest BCUT2D eigenvalue weighted by molar-refractivity contribution is 9.10. The zero-order chi connectivity index (χ0) is 18.6. The molecule has 0 aliphatic carbocycles. The molecule has 0 bridgehead atoms. The number of aryl methyl sites for hydroxylation is 1. The number of hydrogen-bond acceptors (Lipinski definition) is 5. The Morgan fingerprint density at radius 3 is 2.68 bits per heavy atom. The minimum absolute atomic E-state index is 0.137. The molecule has 0 aliphatic heterocycles. The molecule has 1 heterocycles. The van der Waals surface area contributed by atoms with E-state index < -0.39 is 6.09 Å². The lowest BCUT2D eigenvalue weighted by Gasteiger charge is -2.20. The third-order valence-corrected chi connectivity index (χ3v) is 3.78. The van der Waals surface area contributed by atoms with E-state index in [2.05, 4.69) is 26.3 Å². The number of hydrogen-bond donors (Lipinski definition) is 2. The van der Waals surface area contributed by atoms with Gasteiger partial charge in [0.25, 0.3) is 0 Å². The number of aromatic nitrogens is 2. The molecular formula is C17H23BrN4O3. The number of nitrogens with one attached hydrogen (secondary N) is 1. The van der Waals surface area contributed by atoms with Gasteiger partial charge >= 0.3 is 6.09 Å². The number of rotatable bonds is 5. The van der Waals surface area contributed by atoms with Gasteiger partial charge in [-0.2, -0.15) is 5.10 Å². The van der Waals surface area contributed by atoms with Crippen LogP contribution in [0.4, 0.5) is 10.5 Å². The van der Waals surface area contributed by atoms with Crippen LogP contribution in [0.5, 0.6) is 5.75 Å². The average Bonchev–Trinajstić information content (AvgIpc) is 2.82. The smallest absolute Gasteiger partial charge is 0.407 e. The van der Waals surface area contributed by atoms with E-state index in [0.29, 0.717) is 11.4 Å². The molecule has 1 amide bonds. The topological polar surface area (TPSA) is 91.4 Å². The van der Waals surface area contributed by atoms with Crippen LogP contribution in [0.3, 0.4) is 0 Å². The summed E-state index contributed by atoms with van der Waals surface area (Å²) in [6.45, 7) is 6.02. The van der Waals surface area contributed by atoms with Crippen molar-refractivity contribution < 1.29 is 14.3 Å². The van der Waals surface area contributed by atoms with Crippen molar-refractivity contribution in [3.63, 3.8) is 0 Å². The first kappa shape index (κ1) is 19.1. The molecule has 0 fully saturated rings. The molecule has 0 saturated heterocycles. The van der Waals surface area contributed by atoms with Crippen LogP contribution < -0.4 is 15.8 Å². The number of amides is 1. The predicted molar refractivity (Wildman–Crippen MR) is 100 cm³/mol. The van der Waals surface area contributed by atoms with Crippen LogP contribution in [0.1, 0.15) is 20.8 Å². The van der Waals surface area contributed by atoms with Crippen molar-refractivity contribution in [1.29, 1.82) is 0 Å². The largest absolute Gasteiger partial charge is 0.489 e. The number of carbonyl (C=O) groups excluding carboxylic acids is 1. The molecular weight excluding hydrogens is 388 g/mol. The molecule has 0 radical (unpaired) electrons. The fourth-order valence-electron chi connectivity index (χ4n) is 2.20. The summed E-state index contributed by atoms with van der Waals surface area (Å²) in [7, 11) is 1.84. The van der Waals surface area contributed by atoms with E-state index in [1.54, 1.807) is 23.0 Å². The maximum atomic E-state index is 11.6. The second kappa shape index (κ2) is 7.77. The normalized spacial score (nSPS) is 11.2. The van der Waals surface area contributed by atoms with E-state index in [0.717, 1.165) is 15.7 Å². The molecule has 2 aromatic rings. The summed E-state index contributed by atoms with van der Waals surface area (Å²) >= 11 is 3.48.